The third kappa shape index (κ3) is 3.22. The molecule has 0 radical (unpaired) electrons. The Morgan fingerprint density at radius 3 is 2.53 bits per heavy atom. The fourth-order valence-electron chi connectivity index (χ4n) is 2.56. The molecule has 0 spiro atoms. The molecular weight excluding hydrogens is 210 g/mol. The van der Waals surface area contributed by atoms with E-state index in [1.807, 2.05) is 18.2 Å². The van der Waals surface area contributed by atoms with E-state index in [9.17, 15) is 5.11 Å². The van der Waals surface area contributed by atoms with Crippen LogP contribution >= 0.6 is 0 Å². The molecule has 1 aromatic rings. The van der Waals surface area contributed by atoms with Gasteiger partial charge in [-0.1, -0.05) is 32.0 Å². The van der Waals surface area contributed by atoms with E-state index in [1.54, 1.807) is 0 Å². The van der Waals surface area contributed by atoms with Crippen molar-refractivity contribution in [3.05, 3.63) is 29.8 Å². The van der Waals surface area contributed by atoms with Gasteiger partial charge in [0.05, 0.1) is 6.61 Å². The van der Waals surface area contributed by atoms with Gasteiger partial charge in [-0.3, -0.25) is 0 Å². The van der Waals surface area contributed by atoms with E-state index in [2.05, 4.69) is 25.2 Å². The number of benzene rings is 1. The highest BCUT2D eigenvalue weighted by Crippen LogP contribution is 2.36. The molecule has 2 rings (SSSR count). The van der Waals surface area contributed by atoms with E-state index in [0.29, 0.717) is 11.5 Å². The third-order valence-corrected chi connectivity index (χ3v) is 3.89. The fraction of sp³-hybridized carbons (Fsp3) is 0.600. The molecule has 0 aliphatic heterocycles. The van der Waals surface area contributed by atoms with Crippen molar-refractivity contribution in [1.29, 1.82) is 0 Å². The van der Waals surface area contributed by atoms with Crippen molar-refractivity contribution in [2.75, 3.05) is 5.32 Å². The van der Waals surface area contributed by atoms with Gasteiger partial charge in [-0.05, 0) is 37.2 Å². The summed E-state index contributed by atoms with van der Waals surface area (Å²) in [6, 6.07) is 8.60. The van der Waals surface area contributed by atoms with Crippen molar-refractivity contribution >= 4 is 5.69 Å². The van der Waals surface area contributed by atoms with Crippen molar-refractivity contribution in [2.45, 2.75) is 52.2 Å². The van der Waals surface area contributed by atoms with Gasteiger partial charge < -0.3 is 10.4 Å². The molecule has 1 fully saturated rings. The van der Waals surface area contributed by atoms with Crippen molar-refractivity contribution in [3.63, 3.8) is 0 Å². The molecule has 0 atom stereocenters. The van der Waals surface area contributed by atoms with E-state index in [0.717, 1.165) is 11.3 Å². The van der Waals surface area contributed by atoms with Crippen LogP contribution in [0.15, 0.2) is 24.3 Å². The molecule has 2 nitrogen and oxygen atoms in total. The minimum Gasteiger partial charge on any atom is -0.392 e. The molecule has 0 aromatic heterocycles. The molecule has 0 heterocycles. The van der Waals surface area contributed by atoms with Crippen LogP contribution in [0.25, 0.3) is 0 Å². The number of anilines is 1. The molecular formula is C15H23NO. The van der Waals surface area contributed by atoms with Crippen LogP contribution in [-0.4, -0.2) is 11.1 Å². The maximum Gasteiger partial charge on any atom is 0.0701 e. The summed E-state index contributed by atoms with van der Waals surface area (Å²) in [6.45, 7) is 4.82. The molecule has 1 aliphatic rings. The van der Waals surface area contributed by atoms with Crippen LogP contribution < -0.4 is 5.32 Å². The lowest BCUT2D eigenvalue weighted by Crippen LogP contribution is -2.30. The summed E-state index contributed by atoms with van der Waals surface area (Å²) in [5, 5.41) is 12.9. The van der Waals surface area contributed by atoms with Crippen LogP contribution in [0.3, 0.4) is 0 Å². The normalized spacial score (nSPS) is 20.2. The van der Waals surface area contributed by atoms with E-state index in [4.69, 9.17) is 0 Å². The maximum atomic E-state index is 9.29. The smallest absolute Gasteiger partial charge is 0.0701 e. The standard InChI is InChI=1S/C15H23NO/c1-15(2)9-7-13(8-10-15)16-14-6-4-3-5-12(14)11-17/h3-6,13,16-17H,7-11H2,1-2H3. The summed E-state index contributed by atoms with van der Waals surface area (Å²) in [5.41, 5.74) is 2.60. The van der Waals surface area contributed by atoms with Gasteiger partial charge in [0.15, 0.2) is 0 Å². The third-order valence-electron chi connectivity index (χ3n) is 3.89. The number of aliphatic hydroxyl groups excluding tert-OH is 1. The second-order valence-electron chi connectivity index (χ2n) is 5.90. The SMILES string of the molecule is CC1(C)CCC(Nc2ccccc2CO)CC1. The van der Waals surface area contributed by atoms with Crippen LogP contribution in [0.4, 0.5) is 5.69 Å². The molecule has 17 heavy (non-hydrogen) atoms. The lowest BCUT2D eigenvalue weighted by Gasteiger charge is -2.35. The molecule has 2 N–H and O–H groups in total. The first-order valence-corrected chi connectivity index (χ1v) is 6.56. The molecule has 94 valence electrons. The highest BCUT2D eigenvalue weighted by atomic mass is 16.3. The van der Waals surface area contributed by atoms with Crippen LogP contribution in [0.2, 0.25) is 0 Å². The summed E-state index contributed by atoms with van der Waals surface area (Å²) in [7, 11) is 0. The maximum absolute atomic E-state index is 9.29. The minimum absolute atomic E-state index is 0.112. The molecule has 1 saturated carbocycles. The van der Waals surface area contributed by atoms with Crippen molar-refractivity contribution in [2.24, 2.45) is 5.41 Å². The topological polar surface area (TPSA) is 32.3 Å². The average Bonchev–Trinajstić information content (AvgIpc) is 2.32. The Bertz CT molecular complexity index is 363. The Kier molecular flexibility index (Phi) is 3.72. The van der Waals surface area contributed by atoms with Gasteiger partial charge >= 0.3 is 0 Å². The Morgan fingerprint density at radius 1 is 1.24 bits per heavy atom. The number of para-hydroxylation sites is 1. The Balaban J connectivity index is 1.98. The zero-order valence-corrected chi connectivity index (χ0v) is 10.9. The van der Waals surface area contributed by atoms with Crippen molar-refractivity contribution in [3.8, 4) is 0 Å². The van der Waals surface area contributed by atoms with Gasteiger partial charge in [-0.15, -0.1) is 0 Å². The number of hydrogen-bond donors (Lipinski definition) is 2. The quantitative estimate of drug-likeness (QED) is 0.836. The highest BCUT2D eigenvalue weighted by molar-refractivity contribution is 5.51. The second-order valence-corrected chi connectivity index (χ2v) is 5.90. The van der Waals surface area contributed by atoms with Crippen LogP contribution in [0, 0.1) is 5.41 Å². The van der Waals surface area contributed by atoms with Crippen LogP contribution in [0.1, 0.15) is 45.1 Å². The lowest BCUT2D eigenvalue weighted by atomic mass is 9.75. The molecule has 0 amide bonds. The van der Waals surface area contributed by atoms with Crippen LogP contribution in [0.5, 0.6) is 0 Å². The molecule has 1 aliphatic carbocycles. The summed E-state index contributed by atoms with van der Waals surface area (Å²) in [4.78, 5) is 0. The number of rotatable bonds is 3. The van der Waals surface area contributed by atoms with E-state index in [1.165, 1.54) is 25.7 Å². The molecule has 2 heteroatoms. The van der Waals surface area contributed by atoms with Gasteiger partial charge in [0.25, 0.3) is 0 Å². The van der Waals surface area contributed by atoms with Gasteiger partial charge in [-0.2, -0.15) is 0 Å². The van der Waals surface area contributed by atoms with Gasteiger partial charge in [-0.25, -0.2) is 0 Å². The van der Waals surface area contributed by atoms with Crippen molar-refractivity contribution in [1.82, 2.24) is 0 Å². The number of aliphatic hydroxyl groups is 1. The van der Waals surface area contributed by atoms with Crippen LogP contribution in [-0.2, 0) is 6.61 Å². The summed E-state index contributed by atoms with van der Waals surface area (Å²) in [6.07, 6.45) is 5.03. The second kappa shape index (κ2) is 5.09. The monoisotopic (exact) mass is 233 g/mol. The molecule has 0 saturated heterocycles. The van der Waals surface area contributed by atoms with E-state index in [-0.39, 0.29) is 6.61 Å². The van der Waals surface area contributed by atoms with Gasteiger partial charge in [0.2, 0.25) is 0 Å². The Morgan fingerprint density at radius 2 is 1.88 bits per heavy atom. The van der Waals surface area contributed by atoms with E-state index < -0.39 is 0 Å². The number of hydrogen-bond acceptors (Lipinski definition) is 2. The minimum atomic E-state index is 0.112. The first-order valence-electron chi connectivity index (χ1n) is 6.56. The fourth-order valence-corrected chi connectivity index (χ4v) is 2.56. The van der Waals surface area contributed by atoms with Gasteiger partial charge in [0.1, 0.15) is 0 Å². The highest BCUT2D eigenvalue weighted by Gasteiger charge is 2.26. The number of nitrogens with one attached hydrogen (secondary N) is 1. The summed E-state index contributed by atoms with van der Waals surface area (Å²) >= 11 is 0. The first-order chi connectivity index (χ1) is 8.11. The molecule has 1 aromatic carbocycles. The summed E-state index contributed by atoms with van der Waals surface area (Å²) in [5.74, 6) is 0. The first kappa shape index (κ1) is 12.4. The predicted octanol–water partition coefficient (Wildman–Crippen LogP) is 3.56. The van der Waals surface area contributed by atoms with Gasteiger partial charge in [0, 0.05) is 17.3 Å². The Hall–Kier alpha value is -1.02. The van der Waals surface area contributed by atoms with Crippen molar-refractivity contribution < 1.29 is 5.11 Å². The molecule has 0 bridgehead atoms. The Labute approximate surface area is 104 Å². The average molecular weight is 233 g/mol. The largest absolute Gasteiger partial charge is 0.392 e. The predicted molar refractivity (Wildman–Crippen MR) is 72.0 cm³/mol. The zero-order valence-electron chi connectivity index (χ0n) is 10.9. The zero-order chi connectivity index (χ0) is 12.3. The molecule has 0 unspecified atom stereocenters. The van der Waals surface area contributed by atoms with E-state index >= 15 is 0 Å². The summed E-state index contributed by atoms with van der Waals surface area (Å²) < 4.78 is 0. The lowest BCUT2D eigenvalue weighted by molar-refractivity contribution is 0.232.